The maximum Gasteiger partial charge on any atom is 0.229 e. The van der Waals surface area contributed by atoms with Crippen LogP contribution in [0.15, 0.2) is 122 Å². The van der Waals surface area contributed by atoms with Crippen molar-refractivity contribution in [1.82, 2.24) is 39.7 Å². The zero-order valence-corrected chi connectivity index (χ0v) is 42.5. The highest BCUT2D eigenvalue weighted by molar-refractivity contribution is 6.00. The molecule has 19 nitrogen and oxygen atoms in total. The maximum absolute atomic E-state index is 6.36. The highest BCUT2D eigenvalue weighted by Crippen LogP contribution is 2.34. The van der Waals surface area contributed by atoms with Gasteiger partial charge in [0.2, 0.25) is 11.9 Å². The molecule has 3 saturated heterocycles. The van der Waals surface area contributed by atoms with Crippen LogP contribution in [0.4, 0.5) is 46.5 Å². The zero-order chi connectivity index (χ0) is 51.3. The number of nitrogens with zero attached hydrogens (tertiary/aromatic N) is 10. The van der Waals surface area contributed by atoms with Crippen LogP contribution < -0.4 is 41.4 Å². The summed E-state index contributed by atoms with van der Waals surface area (Å²) in [6, 6.07) is 36.0. The van der Waals surface area contributed by atoms with E-state index >= 15 is 0 Å². The highest BCUT2D eigenvalue weighted by atomic mass is 16.5. The van der Waals surface area contributed by atoms with E-state index in [1.807, 2.05) is 111 Å². The van der Waals surface area contributed by atoms with Crippen LogP contribution in [0.5, 0.6) is 11.5 Å². The number of morpholine rings is 3. The highest BCUT2D eigenvalue weighted by Gasteiger charge is 2.17. The van der Waals surface area contributed by atoms with Crippen molar-refractivity contribution in [1.29, 1.82) is 0 Å². The third-order valence-electron chi connectivity index (χ3n) is 13.1. The number of likely N-dealkylation sites (N-methyl/N-ethyl adjacent to an activating group) is 1. The lowest BCUT2D eigenvalue weighted by molar-refractivity contribution is 0.0322. The van der Waals surface area contributed by atoms with Gasteiger partial charge in [-0.05, 0) is 85.9 Å². The van der Waals surface area contributed by atoms with Gasteiger partial charge in [0.1, 0.15) is 48.0 Å². The number of ether oxygens (including phenoxy) is 5. The number of nitrogens with two attached hydrogens (primary N) is 2. The molecule has 0 radical (unpaired) electrons. The number of pyridine rings is 2. The molecule has 6 N–H and O–H groups in total. The summed E-state index contributed by atoms with van der Waals surface area (Å²) in [5.74, 6) is 5.24. The lowest BCUT2D eigenvalue weighted by Crippen LogP contribution is -2.38. The van der Waals surface area contributed by atoms with Gasteiger partial charge < -0.3 is 60.5 Å². The lowest BCUT2D eigenvalue weighted by Gasteiger charge is -2.27. The van der Waals surface area contributed by atoms with Crippen molar-refractivity contribution in [2.24, 2.45) is 0 Å². The van der Waals surface area contributed by atoms with Crippen LogP contribution in [0, 0.1) is 0 Å². The molecule has 0 bridgehead atoms. The van der Waals surface area contributed by atoms with Crippen LogP contribution >= 0.6 is 0 Å². The standard InChI is InChI=1S/C29H33N7O3.C27H31N7O2/c30-28-25-3-1-2-24(21-4-7-23(8-5-21)39-19-12-35-10-15-37-16-11-35)27(25)33-29(34-28)32-22-6-9-26(31-20-22)36-13-17-38-18-14-36;1-33(2)12-17-36-21-9-6-19(7-10-21)22-4-3-5-23-25(22)31-27(32-26(23)28)30-20-8-11-24(29-18-20)34-13-15-35-16-14-34/h1-9,20H,10-19H2,(H3,30,32,33,34);3-11,18H,12-17H2,1-2H3,(H3,28,30,31,32). The second-order valence-corrected chi connectivity index (χ2v) is 18.5. The minimum Gasteiger partial charge on any atom is -0.492 e. The molecule has 19 heteroatoms. The van der Waals surface area contributed by atoms with E-state index in [4.69, 9.17) is 45.1 Å². The minimum atomic E-state index is 0.422. The molecule has 388 valence electrons. The molecule has 3 aliphatic heterocycles. The van der Waals surface area contributed by atoms with Crippen molar-refractivity contribution in [2.75, 3.05) is 151 Å². The predicted molar refractivity (Wildman–Crippen MR) is 297 cm³/mol. The van der Waals surface area contributed by atoms with Gasteiger partial charge in [-0.2, -0.15) is 9.97 Å². The average Bonchev–Trinajstić information content (AvgIpc) is 3.44. The van der Waals surface area contributed by atoms with Gasteiger partial charge in [0.15, 0.2) is 0 Å². The van der Waals surface area contributed by atoms with E-state index in [0.717, 1.165) is 171 Å². The van der Waals surface area contributed by atoms with E-state index < -0.39 is 0 Å². The van der Waals surface area contributed by atoms with Crippen LogP contribution in [0.2, 0.25) is 0 Å². The predicted octanol–water partition coefficient (Wildman–Crippen LogP) is 7.36. The Morgan fingerprint density at radius 3 is 1.39 bits per heavy atom. The number of nitrogen functional groups attached to an aromatic ring is 2. The van der Waals surface area contributed by atoms with Gasteiger partial charge in [-0.25, -0.2) is 19.9 Å². The molecule has 8 aromatic rings. The fraction of sp³-hybridized carbons (Fsp3) is 0.321. The van der Waals surface area contributed by atoms with Crippen molar-refractivity contribution in [3.05, 3.63) is 122 Å². The Morgan fingerprint density at radius 1 is 0.520 bits per heavy atom. The topological polar surface area (TPSA) is 213 Å². The average molecular weight is 1010 g/mol. The molecule has 3 aliphatic rings. The number of rotatable bonds is 16. The summed E-state index contributed by atoms with van der Waals surface area (Å²) in [5, 5.41) is 8.14. The van der Waals surface area contributed by atoms with Gasteiger partial charge in [-0.15, -0.1) is 0 Å². The molecule has 4 aromatic carbocycles. The molecule has 75 heavy (non-hydrogen) atoms. The smallest absolute Gasteiger partial charge is 0.229 e. The summed E-state index contributed by atoms with van der Waals surface area (Å²) in [6.45, 7) is 12.8. The molecule has 0 spiro atoms. The first kappa shape index (κ1) is 50.6. The minimum absolute atomic E-state index is 0.422. The third-order valence-corrected chi connectivity index (χ3v) is 13.1. The molecule has 4 aromatic heterocycles. The summed E-state index contributed by atoms with van der Waals surface area (Å²) in [7, 11) is 4.06. The fourth-order valence-electron chi connectivity index (χ4n) is 8.99. The van der Waals surface area contributed by atoms with Crippen LogP contribution in [0.1, 0.15) is 0 Å². The number of hydrogen-bond acceptors (Lipinski definition) is 19. The Bertz CT molecular complexity index is 3110. The zero-order valence-electron chi connectivity index (χ0n) is 42.5. The SMILES string of the molecule is CN(C)CCOc1ccc(-c2cccc3c(N)nc(Nc4ccc(N5CCOCC5)nc4)nc23)cc1.Nc1nc(Nc2ccc(N3CCOCC3)nc2)nc2c(-c3ccc(OCCN4CCOCC4)cc3)cccc12. The van der Waals surface area contributed by atoms with Gasteiger partial charge in [0, 0.05) is 74.3 Å². The van der Waals surface area contributed by atoms with Gasteiger partial charge in [0.05, 0.1) is 74.4 Å². The van der Waals surface area contributed by atoms with Crippen molar-refractivity contribution < 1.29 is 23.7 Å². The van der Waals surface area contributed by atoms with Crippen LogP contribution in [0.25, 0.3) is 44.1 Å². The second kappa shape index (κ2) is 24.4. The number of aromatic nitrogens is 6. The maximum atomic E-state index is 6.36. The van der Waals surface area contributed by atoms with Crippen molar-refractivity contribution in [2.45, 2.75) is 0 Å². The Labute approximate surface area is 436 Å². The van der Waals surface area contributed by atoms with E-state index in [-0.39, 0.29) is 0 Å². The summed E-state index contributed by atoms with van der Waals surface area (Å²) in [4.78, 5) is 36.7. The Balaban J connectivity index is 0.000000172. The Morgan fingerprint density at radius 2 is 0.960 bits per heavy atom. The Hall–Kier alpha value is -7.94. The van der Waals surface area contributed by atoms with Crippen LogP contribution in [-0.2, 0) is 14.2 Å². The summed E-state index contributed by atoms with van der Waals surface area (Å²) < 4.78 is 28.1. The van der Waals surface area contributed by atoms with Gasteiger partial charge in [0.25, 0.3) is 0 Å². The van der Waals surface area contributed by atoms with Crippen molar-refractivity contribution in [3.63, 3.8) is 0 Å². The first-order valence-electron chi connectivity index (χ1n) is 25.4. The largest absolute Gasteiger partial charge is 0.492 e. The number of benzene rings is 4. The van der Waals surface area contributed by atoms with E-state index in [0.29, 0.717) is 36.7 Å². The van der Waals surface area contributed by atoms with E-state index in [1.165, 1.54) is 0 Å². The number of para-hydroxylation sites is 2. The molecule has 0 amide bonds. The number of nitrogens with one attached hydrogen (secondary N) is 2. The molecule has 0 saturated carbocycles. The summed E-state index contributed by atoms with van der Waals surface area (Å²) >= 11 is 0. The molecule has 0 aliphatic carbocycles. The number of anilines is 8. The van der Waals surface area contributed by atoms with Crippen LogP contribution in [-0.4, -0.2) is 159 Å². The summed E-state index contributed by atoms with van der Waals surface area (Å²) in [6.07, 6.45) is 3.58. The first-order chi connectivity index (χ1) is 36.8. The fourth-order valence-corrected chi connectivity index (χ4v) is 8.99. The normalized spacial score (nSPS) is 15.1. The van der Waals surface area contributed by atoms with Gasteiger partial charge in [-0.3, -0.25) is 4.90 Å². The monoisotopic (exact) mass is 1010 g/mol. The van der Waals surface area contributed by atoms with Gasteiger partial charge in [-0.1, -0.05) is 48.5 Å². The van der Waals surface area contributed by atoms with Gasteiger partial charge >= 0.3 is 0 Å². The van der Waals surface area contributed by atoms with E-state index in [1.54, 1.807) is 12.4 Å². The molecule has 7 heterocycles. The molecule has 0 atom stereocenters. The lowest BCUT2D eigenvalue weighted by atomic mass is 10.0. The van der Waals surface area contributed by atoms with E-state index in [2.05, 4.69) is 62.3 Å². The van der Waals surface area contributed by atoms with Crippen molar-refractivity contribution >= 4 is 68.3 Å². The molecular formula is C56H64N14O5. The van der Waals surface area contributed by atoms with Crippen molar-refractivity contribution in [3.8, 4) is 33.8 Å². The third kappa shape index (κ3) is 13.1. The molecule has 0 unspecified atom stereocenters. The van der Waals surface area contributed by atoms with Crippen LogP contribution in [0.3, 0.4) is 0 Å². The number of hydrogen-bond donors (Lipinski definition) is 4. The Kier molecular flexibility index (Phi) is 16.5. The first-order valence-corrected chi connectivity index (χ1v) is 25.4. The second-order valence-electron chi connectivity index (χ2n) is 18.5. The van der Waals surface area contributed by atoms with E-state index in [9.17, 15) is 0 Å². The number of fused-ring (bicyclic) bond motifs is 2. The molecule has 3 fully saturated rings. The molecule has 11 rings (SSSR count). The quantitative estimate of drug-likeness (QED) is 0.0744. The molecular weight excluding hydrogens is 949 g/mol. The summed E-state index contributed by atoms with van der Waals surface area (Å²) in [5.41, 5.74) is 19.9.